The Morgan fingerprint density at radius 3 is 2.45 bits per heavy atom. The molecule has 0 radical (unpaired) electrons. The molecular weight excluding hydrogens is 405 g/mol. The number of benzene rings is 2. The molecule has 2 heterocycles. The van der Waals surface area contributed by atoms with Crippen LogP contribution >= 0.6 is 24.0 Å². The van der Waals surface area contributed by atoms with Crippen LogP contribution < -0.4 is 10.1 Å². The highest BCUT2D eigenvalue weighted by molar-refractivity contribution is 6.31. The minimum Gasteiger partial charge on any atom is -0.497 e. The van der Waals surface area contributed by atoms with Crippen LogP contribution in [0, 0.1) is 0 Å². The Hall–Kier alpha value is -2.14. The highest BCUT2D eigenvalue weighted by atomic mass is 35.5. The van der Waals surface area contributed by atoms with E-state index in [1.807, 2.05) is 36.5 Å². The molecule has 1 fully saturated rings. The predicted molar refractivity (Wildman–Crippen MR) is 119 cm³/mol. The largest absolute Gasteiger partial charge is 0.497 e. The molecule has 0 unspecified atom stereocenters. The maximum absolute atomic E-state index is 6.62. The van der Waals surface area contributed by atoms with Crippen molar-refractivity contribution in [3.05, 3.63) is 88.5 Å². The molecule has 0 saturated carbocycles. The standard InChI is InChI=1S/C23H24ClN3O.ClH/c1-28-18-8-6-17(7-9-18)16-22-26-13-10-21(27-22)23(11-14-25-15-12-23)19-4-2-3-5-20(19)24;/h2-10,13,25H,11-12,14-16H2,1H3;1H. The molecule has 0 amide bonds. The summed E-state index contributed by atoms with van der Waals surface area (Å²) >= 11 is 6.62. The van der Waals surface area contributed by atoms with Crippen LogP contribution in [0.15, 0.2) is 60.8 Å². The van der Waals surface area contributed by atoms with Gasteiger partial charge in [0, 0.05) is 23.1 Å². The number of methoxy groups -OCH3 is 1. The first-order chi connectivity index (χ1) is 13.7. The van der Waals surface area contributed by atoms with Gasteiger partial charge in [0.1, 0.15) is 11.6 Å². The minimum atomic E-state index is -0.179. The Labute approximate surface area is 183 Å². The van der Waals surface area contributed by atoms with Gasteiger partial charge in [0.15, 0.2) is 0 Å². The molecule has 152 valence electrons. The van der Waals surface area contributed by atoms with Gasteiger partial charge in [-0.25, -0.2) is 9.97 Å². The van der Waals surface area contributed by atoms with Crippen LogP contribution in [0.5, 0.6) is 5.75 Å². The lowest BCUT2D eigenvalue weighted by atomic mass is 9.70. The van der Waals surface area contributed by atoms with Gasteiger partial charge in [-0.3, -0.25) is 0 Å². The Morgan fingerprint density at radius 2 is 1.76 bits per heavy atom. The van der Waals surface area contributed by atoms with E-state index in [0.717, 1.165) is 59.3 Å². The van der Waals surface area contributed by atoms with Crippen molar-refractivity contribution in [1.29, 1.82) is 0 Å². The molecule has 1 aromatic heterocycles. The van der Waals surface area contributed by atoms with E-state index in [9.17, 15) is 0 Å². The third kappa shape index (κ3) is 4.55. The molecule has 1 aliphatic rings. The fraction of sp³-hybridized carbons (Fsp3) is 0.304. The second kappa shape index (κ2) is 9.57. The van der Waals surface area contributed by atoms with Crippen molar-refractivity contribution >= 4 is 24.0 Å². The summed E-state index contributed by atoms with van der Waals surface area (Å²) in [5.74, 6) is 1.68. The van der Waals surface area contributed by atoms with E-state index in [2.05, 4.69) is 34.6 Å². The van der Waals surface area contributed by atoms with E-state index in [4.69, 9.17) is 21.3 Å². The molecule has 4 rings (SSSR count). The van der Waals surface area contributed by atoms with Crippen LogP contribution in [0.3, 0.4) is 0 Å². The third-order valence-corrected chi connectivity index (χ3v) is 5.89. The lowest BCUT2D eigenvalue weighted by Crippen LogP contribution is -2.41. The molecule has 29 heavy (non-hydrogen) atoms. The van der Waals surface area contributed by atoms with E-state index < -0.39 is 0 Å². The summed E-state index contributed by atoms with van der Waals surface area (Å²) in [7, 11) is 1.68. The van der Waals surface area contributed by atoms with Gasteiger partial charge in [-0.1, -0.05) is 41.9 Å². The fourth-order valence-corrected chi connectivity index (χ4v) is 4.36. The number of nitrogens with zero attached hydrogens (tertiary/aromatic N) is 2. The van der Waals surface area contributed by atoms with Gasteiger partial charge in [0.25, 0.3) is 0 Å². The van der Waals surface area contributed by atoms with Gasteiger partial charge in [0.05, 0.1) is 12.8 Å². The van der Waals surface area contributed by atoms with Crippen LogP contribution in [0.2, 0.25) is 5.02 Å². The molecule has 3 aromatic rings. The fourth-order valence-electron chi connectivity index (χ4n) is 4.04. The van der Waals surface area contributed by atoms with Crippen molar-refractivity contribution in [2.45, 2.75) is 24.7 Å². The van der Waals surface area contributed by atoms with Gasteiger partial charge < -0.3 is 10.1 Å². The van der Waals surface area contributed by atoms with E-state index in [-0.39, 0.29) is 17.8 Å². The van der Waals surface area contributed by atoms with Crippen LogP contribution in [0.25, 0.3) is 0 Å². The van der Waals surface area contributed by atoms with Gasteiger partial charge in [-0.05, 0) is 61.3 Å². The third-order valence-electron chi connectivity index (χ3n) is 5.56. The molecule has 1 N–H and O–H groups in total. The summed E-state index contributed by atoms with van der Waals surface area (Å²) in [5, 5.41) is 4.27. The monoisotopic (exact) mass is 429 g/mol. The summed E-state index contributed by atoms with van der Waals surface area (Å²) in [4.78, 5) is 9.52. The Balaban J connectivity index is 0.00000240. The normalized spacial score (nSPS) is 15.4. The van der Waals surface area contributed by atoms with Crippen molar-refractivity contribution < 1.29 is 4.74 Å². The maximum atomic E-state index is 6.62. The molecule has 6 heteroatoms. The Morgan fingerprint density at radius 1 is 1.03 bits per heavy atom. The van der Waals surface area contributed by atoms with Crippen LogP contribution in [0.1, 0.15) is 35.5 Å². The average Bonchev–Trinajstić information content (AvgIpc) is 2.75. The van der Waals surface area contributed by atoms with E-state index >= 15 is 0 Å². The molecule has 0 spiro atoms. The molecule has 1 aliphatic heterocycles. The smallest absolute Gasteiger partial charge is 0.132 e. The van der Waals surface area contributed by atoms with Crippen LogP contribution in [-0.4, -0.2) is 30.2 Å². The van der Waals surface area contributed by atoms with Crippen LogP contribution in [0.4, 0.5) is 0 Å². The lowest BCUT2D eigenvalue weighted by Gasteiger charge is -2.38. The van der Waals surface area contributed by atoms with E-state index in [0.29, 0.717) is 6.42 Å². The Kier molecular flexibility index (Phi) is 7.12. The topological polar surface area (TPSA) is 47.0 Å². The number of aromatic nitrogens is 2. The maximum Gasteiger partial charge on any atom is 0.132 e. The van der Waals surface area contributed by atoms with Gasteiger partial charge in [-0.2, -0.15) is 0 Å². The molecular formula is C23H25Cl2N3O. The van der Waals surface area contributed by atoms with Crippen molar-refractivity contribution in [2.75, 3.05) is 20.2 Å². The van der Waals surface area contributed by atoms with E-state index in [1.165, 1.54) is 0 Å². The summed E-state index contributed by atoms with van der Waals surface area (Å²) in [6.45, 7) is 1.89. The summed E-state index contributed by atoms with van der Waals surface area (Å²) < 4.78 is 5.24. The number of ether oxygens (including phenoxy) is 1. The van der Waals surface area contributed by atoms with Crippen molar-refractivity contribution in [3.8, 4) is 5.75 Å². The molecule has 0 bridgehead atoms. The van der Waals surface area contributed by atoms with Crippen molar-refractivity contribution in [1.82, 2.24) is 15.3 Å². The van der Waals surface area contributed by atoms with Gasteiger partial charge in [0.2, 0.25) is 0 Å². The van der Waals surface area contributed by atoms with Gasteiger partial charge in [-0.15, -0.1) is 12.4 Å². The second-order valence-electron chi connectivity index (χ2n) is 7.19. The summed E-state index contributed by atoms with van der Waals surface area (Å²) in [6.07, 6.45) is 4.50. The molecule has 0 aliphatic carbocycles. The Bertz CT molecular complexity index is 941. The number of hydrogen-bond donors (Lipinski definition) is 1. The number of hydrogen-bond acceptors (Lipinski definition) is 4. The second-order valence-corrected chi connectivity index (χ2v) is 7.60. The average molecular weight is 430 g/mol. The first-order valence-corrected chi connectivity index (χ1v) is 10.0. The first-order valence-electron chi connectivity index (χ1n) is 9.62. The summed E-state index contributed by atoms with van der Waals surface area (Å²) in [5.41, 5.74) is 3.20. The number of nitrogens with one attached hydrogen (secondary N) is 1. The van der Waals surface area contributed by atoms with E-state index in [1.54, 1.807) is 7.11 Å². The molecule has 0 atom stereocenters. The highest BCUT2D eigenvalue weighted by Crippen LogP contribution is 2.42. The molecule has 2 aromatic carbocycles. The quantitative estimate of drug-likeness (QED) is 0.631. The number of halogens is 2. The predicted octanol–water partition coefficient (Wildman–Crippen LogP) is 4.82. The SMILES string of the molecule is COc1ccc(Cc2nccc(C3(c4ccccc4Cl)CCNCC3)n2)cc1.Cl. The minimum absolute atomic E-state index is 0. The zero-order chi connectivity index (χ0) is 19.4. The zero-order valence-corrected chi connectivity index (χ0v) is 18.0. The van der Waals surface area contributed by atoms with Gasteiger partial charge >= 0.3 is 0 Å². The highest BCUT2D eigenvalue weighted by Gasteiger charge is 2.38. The lowest BCUT2D eigenvalue weighted by molar-refractivity contribution is 0.353. The zero-order valence-electron chi connectivity index (χ0n) is 16.4. The number of rotatable bonds is 5. The molecule has 1 saturated heterocycles. The molecule has 4 nitrogen and oxygen atoms in total. The van der Waals surface area contributed by atoms with Crippen molar-refractivity contribution in [2.24, 2.45) is 0 Å². The van der Waals surface area contributed by atoms with Crippen molar-refractivity contribution in [3.63, 3.8) is 0 Å². The summed E-state index contributed by atoms with van der Waals surface area (Å²) in [6, 6.07) is 18.3. The number of piperidine rings is 1. The van der Waals surface area contributed by atoms with Crippen LogP contribution in [-0.2, 0) is 11.8 Å². The first kappa shape index (κ1) is 21.6.